The highest BCUT2D eigenvalue weighted by molar-refractivity contribution is 5.89. The molecule has 0 unspecified atom stereocenters. The Morgan fingerprint density at radius 1 is 0.697 bits per heavy atom. The van der Waals surface area contributed by atoms with Gasteiger partial charge in [0.25, 0.3) is 0 Å². The van der Waals surface area contributed by atoms with Crippen LogP contribution in [0.3, 0.4) is 0 Å². The van der Waals surface area contributed by atoms with Crippen molar-refractivity contribution in [2.24, 2.45) is 0 Å². The van der Waals surface area contributed by atoms with E-state index >= 15 is 0 Å². The summed E-state index contributed by atoms with van der Waals surface area (Å²) in [7, 11) is 3.38. The van der Waals surface area contributed by atoms with Crippen LogP contribution in [0.4, 0.5) is 0 Å². The first-order valence-corrected chi connectivity index (χ1v) is 11.3. The van der Waals surface area contributed by atoms with E-state index in [0.717, 1.165) is 51.5 Å². The fourth-order valence-electron chi connectivity index (χ4n) is 4.13. The predicted molar refractivity (Wildman–Crippen MR) is 135 cm³/mol. The molecule has 0 spiro atoms. The van der Waals surface area contributed by atoms with E-state index in [-0.39, 0.29) is 0 Å². The highest BCUT2D eigenvalue weighted by Gasteiger charge is 2.19. The van der Waals surface area contributed by atoms with Crippen LogP contribution in [-0.4, -0.2) is 14.2 Å². The molecule has 0 amide bonds. The third-order valence-corrected chi connectivity index (χ3v) is 6.02. The number of ether oxygens (including phenoxy) is 3. The normalized spacial score (nSPS) is 10.7. The van der Waals surface area contributed by atoms with Crippen LogP contribution < -0.4 is 14.2 Å². The Morgan fingerprint density at radius 2 is 1.27 bits per heavy atom. The zero-order chi connectivity index (χ0) is 23.2. The molecule has 0 heterocycles. The molecule has 0 aliphatic carbocycles. The number of hydrogen-bond donors (Lipinski definition) is 0. The van der Waals surface area contributed by atoms with Gasteiger partial charge < -0.3 is 14.2 Å². The fraction of sp³-hybridized carbons (Fsp3) is 0.200. The summed E-state index contributed by atoms with van der Waals surface area (Å²) in [6.07, 6.45) is 0.930. The standard InChI is InChI=1S/C30H30O3/c1-5-23-19-28(24-11-15-26(31-3)16-12-24)29(25-13-17-27(32-4)18-14-25)30(21(23)2)33-20-22-9-7-6-8-10-22/h6-19H,5,20H2,1-4H3. The van der Waals surface area contributed by atoms with Crippen LogP contribution in [0.2, 0.25) is 0 Å². The van der Waals surface area contributed by atoms with Crippen molar-refractivity contribution in [1.29, 1.82) is 0 Å². The number of rotatable bonds is 8. The van der Waals surface area contributed by atoms with E-state index in [9.17, 15) is 0 Å². The van der Waals surface area contributed by atoms with Gasteiger partial charge in [-0.25, -0.2) is 0 Å². The molecule has 3 nitrogen and oxygen atoms in total. The van der Waals surface area contributed by atoms with Gasteiger partial charge in [0.05, 0.1) is 14.2 Å². The number of aryl methyl sites for hydroxylation is 1. The molecule has 0 atom stereocenters. The Kier molecular flexibility index (Phi) is 6.99. The molecule has 0 saturated carbocycles. The van der Waals surface area contributed by atoms with Crippen molar-refractivity contribution < 1.29 is 14.2 Å². The lowest BCUT2D eigenvalue weighted by molar-refractivity contribution is 0.305. The number of methoxy groups -OCH3 is 2. The summed E-state index contributed by atoms with van der Waals surface area (Å²) in [4.78, 5) is 0. The number of benzene rings is 4. The van der Waals surface area contributed by atoms with Gasteiger partial charge in [-0.15, -0.1) is 0 Å². The molecule has 33 heavy (non-hydrogen) atoms. The minimum Gasteiger partial charge on any atom is -0.497 e. The van der Waals surface area contributed by atoms with Crippen molar-refractivity contribution in [2.75, 3.05) is 14.2 Å². The Morgan fingerprint density at radius 3 is 1.82 bits per heavy atom. The molecule has 4 aromatic carbocycles. The first-order valence-electron chi connectivity index (χ1n) is 11.3. The quantitative estimate of drug-likeness (QED) is 0.285. The molecular formula is C30H30O3. The van der Waals surface area contributed by atoms with Gasteiger partial charge in [0.2, 0.25) is 0 Å². The lowest BCUT2D eigenvalue weighted by Crippen LogP contribution is -2.03. The van der Waals surface area contributed by atoms with E-state index in [4.69, 9.17) is 14.2 Å². The van der Waals surface area contributed by atoms with Crippen molar-refractivity contribution in [3.63, 3.8) is 0 Å². The SMILES string of the molecule is CCc1cc(-c2ccc(OC)cc2)c(-c2ccc(OC)cc2)c(OCc2ccccc2)c1C. The van der Waals surface area contributed by atoms with Crippen molar-refractivity contribution in [1.82, 2.24) is 0 Å². The van der Waals surface area contributed by atoms with Crippen molar-refractivity contribution >= 4 is 0 Å². The van der Waals surface area contributed by atoms with Crippen LogP contribution in [0, 0.1) is 6.92 Å². The zero-order valence-electron chi connectivity index (χ0n) is 19.7. The van der Waals surface area contributed by atoms with E-state index in [2.05, 4.69) is 56.3 Å². The lowest BCUT2D eigenvalue weighted by atomic mass is 9.88. The molecule has 4 aromatic rings. The average Bonchev–Trinajstić information content (AvgIpc) is 2.88. The van der Waals surface area contributed by atoms with Crippen LogP contribution >= 0.6 is 0 Å². The Labute approximate surface area is 196 Å². The topological polar surface area (TPSA) is 27.7 Å². The molecule has 0 saturated heterocycles. The molecule has 0 aliphatic heterocycles. The minimum absolute atomic E-state index is 0.514. The van der Waals surface area contributed by atoms with Crippen LogP contribution in [-0.2, 0) is 13.0 Å². The van der Waals surface area contributed by atoms with Crippen LogP contribution in [0.5, 0.6) is 17.2 Å². The van der Waals surface area contributed by atoms with Crippen molar-refractivity contribution in [2.45, 2.75) is 26.9 Å². The molecule has 0 bridgehead atoms. The van der Waals surface area contributed by atoms with Gasteiger partial charge in [0, 0.05) is 5.56 Å². The van der Waals surface area contributed by atoms with Crippen LogP contribution in [0.25, 0.3) is 22.3 Å². The molecule has 168 valence electrons. The van der Waals surface area contributed by atoms with E-state index in [0.29, 0.717) is 6.61 Å². The van der Waals surface area contributed by atoms with Crippen molar-refractivity contribution in [3.8, 4) is 39.5 Å². The van der Waals surface area contributed by atoms with Gasteiger partial charge in [0.15, 0.2) is 0 Å². The molecule has 4 rings (SSSR count). The summed E-state index contributed by atoms with van der Waals surface area (Å²) in [5.41, 5.74) is 8.06. The summed E-state index contributed by atoms with van der Waals surface area (Å²) in [6, 6.07) is 29.0. The van der Waals surface area contributed by atoms with Gasteiger partial charge in [0.1, 0.15) is 23.9 Å². The third-order valence-electron chi connectivity index (χ3n) is 6.02. The third kappa shape index (κ3) is 4.88. The maximum absolute atomic E-state index is 6.56. The van der Waals surface area contributed by atoms with Gasteiger partial charge in [-0.1, -0.05) is 67.6 Å². The molecule has 0 aromatic heterocycles. The van der Waals surface area contributed by atoms with E-state index in [1.165, 1.54) is 11.1 Å². The lowest BCUT2D eigenvalue weighted by Gasteiger charge is -2.22. The second-order valence-electron chi connectivity index (χ2n) is 8.00. The monoisotopic (exact) mass is 438 g/mol. The number of hydrogen-bond acceptors (Lipinski definition) is 3. The molecule has 3 heteroatoms. The maximum Gasteiger partial charge on any atom is 0.131 e. The fourth-order valence-corrected chi connectivity index (χ4v) is 4.13. The van der Waals surface area contributed by atoms with Gasteiger partial charge in [-0.3, -0.25) is 0 Å². The maximum atomic E-state index is 6.56. The Hall–Kier alpha value is -3.72. The van der Waals surface area contributed by atoms with Crippen LogP contribution in [0.1, 0.15) is 23.6 Å². The van der Waals surface area contributed by atoms with Gasteiger partial charge in [-0.2, -0.15) is 0 Å². The van der Waals surface area contributed by atoms with E-state index in [1.807, 2.05) is 42.5 Å². The van der Waals surface area contributed by atoms with Gasteiger partial charge >= 0.3 is 0 Å². The van der Waals surface area contributed by atoms with E-state index < -0.39 is 0 Å². The molecule has 0 fully saturated rings. The smallest absolute Gasteiger partial charge is 0.131 e. The summed E-state index contributed by atoms with van der Waals surface area (Å²) in [5.74, 6) is 2.60. The molecular weight excluding hydrogens is 408 g/mol. The average molecular weight is 439 g/mol. The predicted octanol–water partition coefficient (Wildman–Crippen LogP) is 7.49. The summed E-state index contributed by atoms with van der Waals surface area (Å²) in [6.45, 7) is 4.86. The van der Waals surface area contributed by atoms with Gasteiger partial charge in [-0.05, 0) is 71.0 Å². The first-order chi connectivity index (χ1) is 16.1. The van der Waals surface area contributed by atoms with E-state index in [1.54, 1.807) is 14.2 Å². The molecule has 0 radical (unpaired) electrons. The zero-order valence-corrected chi connectivity index (χ0v) is 19.7. The Balaban J connectivity index is 1.91. The largest absolute Gasteiger partial charge is 0.497 e. The summed E-state index contributed by atoms with van der Waals surface area (Å²) in [5, 5.41) is 0. The van der Waals surface area contributed by atoms with Crippen molar-refractivity contribution in [3.05, 3.63) is 102 Å². The Bertz CT molecular complexity index is 1190. The second-order valence-corrected chi connectivity index (χ2v) is 8.00. The summed E-state index contributed by atoms with van der Waals surface area (Å²) < 4.78 is 17.3. The molecule has 0 aliphatic rings. The molecule has 0 N–H and O–H groups in total. The minimum atomic E-state index is 0.514. The van der Waals surface area contributed by atoms with Crippen LogP contribution in [0.15, 0.2) is 84.9 Å². The highest BCUT2D eigenvalue weighted by Crippen LogP contribution is 2.44. The first kappa shape index (κ1) is 22.5. The highest BCUT2D eigenvalue weighted by atomic mass is 16.5. The summed E-state index contributed by atoms with van der Waals surface area (Å²) >= 11 is 0. The second kappa shape index (κ2) is 10.3.